The lowest BCUT2D eigenvalue weighted by molar-refractivity contribution is -0.143. The van der Waals surface area contributed by atoms with Gasteiger partial charge in [0, 0.05) is 26.7 Å². The lowest BCUT2D eigenvalue weighted by Gasteiger charge is -2.37. The number of hydrogen-bond acceptors (Lipinski definition) is 4. The molecule has 6 heteroatoms. The molecular formula is C18H20N4O2. The molecule has 2 aliphatic rings. The minimum Gasteiger partial charge on any atom is -0.345 e. The fraction of sp³-hybridized carbons (Fsp3) is 0.444. The van der Waals surface area contributed by atoms with Crippen molar-refractivity contribution in [1.29, 1.82) is 0 Å². The highest BCUT2D eigenvalue weighted by Gasteiger charge is 2.48. The van der Waals surface area contributed by atoms with Crippen LogP contribution >= 0.6 is 0 Å². The number of carbonyl (C=O) groups is 2. The predicted molar refractivity (Wildman–Crippen MR) is 89.4 cm³/mol. The first kappa shape index (κ1) is 15.1. The van der Waals surface area contributed by atoms with Crippen LogP contribution in [0.5, 0.6) is 0 Å². The van der Waals surface area contributed by atoms with Crippen molar-refractivity contribution >= 4 is 22.8 Å². The molecule has 0 aliphatic carbocycles. The topological polar surface area (TPSA) is 66.4 Å². The molecule has 2 saturated heterocycles. The van der Waals surface area contributed by atoms with Crippen molar-refractivity contribution in [2.24, 2.45) is 5.41 Å². The van der Waals surface area contributed by atoms with Gasteiger partial charge in [0.1, 0.15) is 5.69 Å². The van der Waals surface area contributed by atoms with Gasteiger partial charge in [0.25, 0.3) is 5.91 Å². The van der Waals surface area contributed by atoms with E-state index >= 15 is 0 Å². The second-order valence-electron chi connectivity index (χ2n) is 6.83. The first-order valence-electron chi connectivity index (χ1n) is 8.36. The number of aromatic nitrogens is 2. The van der Waals surface area contributed by atoms with Gasteiger partial charge in [-0.05, 0) is 31.4 Å². The van der Waals surface area contributed by atoms with Gasteiger partial charge in [0.05, 0.1) is 22.6 Å². The zero-order chi connectivity index (χ0) is 16.7. The Hall–Kier alpha value is -2.50. The van der Waals surface area contributed by atoms with Crippen molar-refractivity contribution < 1.29 is 9.59 Å². The third-order valence-electron chi connectivity index (χ3n) is 5.26. The molecule has 0 saturated carbocycles. The maximum atomic E-state index is 12.8. The lowest BCUT2D eigenvalue weighted by Crippen LogP contribution is -2.48. The smallest absolute Gasteiger partial charge is 0.274 e. The third kappa shape index (κ3) is 2.33. The molecule has 0 bridgehead atoms. The van der Waals surface area contributed by atoms with Gasteiger partial charge in [0.2, 0.25) is 5.91 Å². The first-order valence-corrected chi connectivity index (χ1v) is 8.36. The summed E-state index contributed by atoms with van der Waals surface area (Å²) in [6.45, 7) is 1.90. The highest BCUT2D eigenvalue weighted by Crippen LogP contribution is 2.40. The van der Waals surface area contributed by atoms with Crippen molar-refractivity contribution in [3.63, 3.8) is 0 Å². The number of fused-ring (bicyclic) bond motifs is 1. The van der Waals surface area contributed by atoms with Crippen LogP contribution in [0.4, 0.5) is 0 Å². The molecule has 3 heterocycles. The molecule has 4 rings (SSSR count). The maximum Gasteiger partial charge on any atom is 0.274 e. The number of likely N-dealkylation sites (tertiary alicyclic amines) is 2. The van der Waals surface area contributed by atoms with Gasteiger partial charge in [-0.2, -0.15) is 0 Å². The molecule has 2 aromatic rings. The lowest BCUT2D eigenvalue weighted by atomic mass is 9.78. The summed E-state index contributed by atoms with van der Waals surface area (Å²) in [6.07, 6.45) is 4.14. The first-order chi connectivity index (χ1) is 11.6. The summed E-state index contributed by atoms with van der Waals surface area (Å²) in [6, 6.07) is 7.50. The van der Waals surface area contributed by atoms with Crippen LogP contribution in [0.2, 0.25) is 0 Å². The Kier molecular flexibility index (Phi) is 3.48. The SMILES string of the molecule is CN1CCC[C@@]2(CCN(C(=O)c3cnc4ccccc4n3)C2)C1=O. The summed E-state index contributed by atoms with van der Waals surface area (Å²) in [7, 11) is 1.85. The van der Waals surface area contributed by atoms with Gasteiger partial charge in [-0.3, -0.25) is 14.6 Å². The predicted octanol–water partition coefficient (Wildman–Crippen LogP) is 1.71. The van der Waals surface area contributed by atoms with Crippen LogP contribution in [0.25, 0.3) is 11.0 Å². The average molecular weight is 324 g/mol. The Balaban J connectivity index is 1.57. The van der Waals surface area contributed by atoms with Gasteiger partial charge in [-0.25, -0.2) is 4.98 Å². The molecule has 0 unspecified atom stereocenters. The van der Waals surface area contributed by atoms with Crippen molar-refractivity contribution in [1.82, 2.24) is 19.8 Å². The molecule has 0 radical (unpaired) electrons. The number of piperidine rings is 1. The molecule has 1 spiro atoms. The van der Waals surface area contributed by atoms with Crippen LogP contribution in [0.3, 0.4) is 0 Å². The Morgan fingerprint density at radius 1 is 1.17 bits per heavy atom. The van der Waals surface area contributed by atoms with Gasteiger partial charge in [0.15, 0.2) is 0 Å². The maximum absolute atomic E-state index is 12.8. The molecule has 2 amide bonds. The molecule has 24 heavy (non-hydrogen) atoms. The molecule has 2 fully saturated rings. The minimum absolute atomic E-state index is 0.133. The molecule has 0 N–H and O–H groups in total. The zero-order valence-electron chi connectivity index (χ0n) is 13.7. The number of para-hydroxylation sites is 2. The monoisotopic (exact) mass is 324 g/mol. The summed E-state index contributed by atoms with van der Waals surface area (Å²) in [5, 5.41) is 0. The van der Waals surface area contributed by atoms with E-state index in [0.29, 0.717) is 24.3 Å². The van der Waals surface area contributed by atoms with Gasteiger partial charge in [-0.1, -0.05) is 12.1 Å². The summed E-state index contributed by atoms with van der Waals surface area (Å²) in [5.74, 6) is 0.0415. The molecule has 1 aromatic carbocycles. The van der Waals surface area contributed by atoms with E-state index in [1.54, 1.807) is 9.80 Å². The molecular weight excluding hydrogens is 304 g/mol. The quantitative estimate of drug-likeness (QED) is 0.801. The second-order valence-corrected chi connectivity index (χ2v) is 6.83. The Bertz CT molecular complexity index is 822. The number of amides is 2. The number of nitrogens with zero attached hydrogens (tertiary/aromatic N) is 4. The van der Waals surface area contributed by atoms with Gasteiger partial charge < -0.3 is 9.80 Å². The van der Waals surface area contributed by atoms with Gasteiger partial charge >= 0.3 is 0 Å². The van der Waals surface area contributed by atoms with E-state index < -0.39 is 5.41 Å². The van der Waals surface area contributed by atoms with E-state index in [0.717, 1.165) is 31.3 Å². The van der Waals surface area contributed by atoms with Crippen LogP contribution in [-0.4, -0.2) is 58.3 Å². The van der Waals surface area contributed by atoms with Crippen LogP contribution in [0, 0.1) is 5.41 Å². The molecule has 2 aliphatic heterocycles. The minimum atomic E-state index is -0.396. The number of carbonyl (C=O) groups excluding carboxylic acids is 2. The van der Waals surface area contributed by atoms with E-state index in [1.165, 1.54) is 6.20 Å². The largest absolute Gasteiger partial charge is 0.345 e. The van der Waals surface area contributed by atoms with Crippen molar-refractivity contribution in [2.45, 2.75) is 19.3 Å². The number of benzene rings is 1. The Morgan fingerprint density at radius 2 is 1.96 bits per heavy atom. The summed E-state index contributed by atoms with van der Waals surface area (Å²) < 4.78 is 0. The van der Waals surface area contributed by atoms with Crippen molar-refractivity contribution in [3.05, 3.63) is 36.2 Å². The third-order valence-corrected chi connectivity index (χ3v) is 5.26. The van der Waals surface area contributed by atoms with E-state index in [1.807, 2.05) is 31.3 Å². The van der Waals surface area contributed by atoms with E-state index in [2.05, 4.69) is 9.97 Å². The summed E-state index contributed by atoms with van der Waals surface area (Å²) in [5.41, 5.74) is 1.44. The highest BCUT2D eigenvalue weighted by atomic mass is 16.2. The molecule has 6 nitrogen and oxygen atoms in total. The summed E-state index contributed by atoms with van der Waals surface area (Å²) in [4.78, 5) is 37.7. The normalized spacial score (nSPS) is 24.1. The zero-order valence-corrected chi connectivity index (χ0v) is 13.7. The van der Waals surface area contributed by atoms with E-state index in [4.69, 9.17) is 0 Å². The van der Waals surface area contributed by atoms with Crippen molar-refractivity contribution in [2.75, 3.05) is 26.7 Å². The molecule has 124 valence electrons. The van der Waals surface area contributed by atoms with Crippen LogP contribution in [0.15, 0.2) is 30.5 Å². The highest BCUT2D eigenvalue weighted by molar-refractivity contribution is 5.95. The fourth-order valence-electron chi connectivity index (χ4n) is 3.91. The Morgan fingerprint density at radius 3 is 2.79 bits per heavy atom. The number of rotatable bonds is 1. The van der Waals surface area contributed by atoms with Crippen LogP contribution in [-0.2, 0) is 4.79 Å². The second kappa shape index (κ2) is 5.54. The fourth-order valence-corrected chi connectivity index (χ4v) is 3.91. The Labute approximate surface area is 140 Å². The van der Waals surface area contributed by atoms with Gasteiger partial charge in [-0.15, -0.1) is 0 Å². The number of hydrogen-bond donors (Lipinski definition) is 0. The molecule has 1 aromatic heterocycles. The van der Waals surface area contributed by atoms with Crippen molar-refractivity contribution in [3.8, 4) is 0 Å². The van der Waals surface area contributed by atoms with Crippen LogP contribution in [0.1, 0.15) is 29.8 Å². The molecule has 1 atom stereocenters. The average Bonchev–Trinajstić information content (AvgIpc) is 3.04. The van der Waals surface area contributed by atoms with E-state index in [-0.39, 0.29) is 11.8 Å². The van der Waals surface area contributed by atoms with Crippen LogP contribution < -0.4 is 0 Å². The standard InChI is InChI=1S/C18H20N4O2/c1-21-9-4-7-18(17(21)24)8-10-22(12-18)16(23)15-11-19-13-5-2-3-6-14(13)20-15/h2-3,5-6,11H,4,7-10,12H2,1H3/t18-/m0/s1. The van der Waals surface area contributed by atoms with E-state index in [9.17, 15) is 9.59 Å². The summed E-state index contributed by atoms with van der Waals surface area (Å²) >= 11 is 0.